The molecular formula is C15H17F2N5O2S. The summed E-state index contributed by atoms with van der Waals surface area (Å²) in [6, 6.07) is 3.20. The minimum Gasteiger partial charge on any atom is -0.339 e. The Hall–Kier alpha value is -2.36. The van der Waals surface area contributed by atoms with Crippen LogP contribution in [0.15, 0.2) is 24.4 Å². The van der Waals surface area contributed by atoms with Crippen LogP contribution < -0.4 is 10.2 Å². The van der Waals surface area contributed by atoms with E-state index < -0.39 is 21.5 Å². The van der Waals surface area contributed by atoms with Crippen molar-refractivity contribution in [1.29, 1.82) is 0 Å². The molecule has 1 unspecified atom stereocenters. The van der Waals surface area contributed by atoms with Crippen LogP contribution in [0, 0.1) is 11.6 Å². The van der Waals surface area contributed by atoms with Gasteiger partial charge in [0.2, 0.25) is 5.95 Å². The molecule has 1 saturated heterocycles. The number of nitrogens with one attached hydrogen (secondary N) is 1. The number of hydrogen-bond donors (Lipinski definition) is 1. The second kappa shape index (κ2) is 6.87. The van der Waals surface area contributed by atoms with Crippen molar-refractivity contribution < 1.29 is 17.2 Å². The van der Waals surface area contributed by atoms with Crippen LogP contribution >= 0.6 is 0 Å². The Kier molecular flexibility index (Phi) is 4.80. The lowest BCUT2D eigenvalue weighted by Crippen LogP contribution is -2.37. The lowest BCUT2D eigenvalue weighted by Gasteiger charge is -2.26. The molecule has 0 spiro atoms. The van der Waals surface area contributed by atoms with E-state index in [0.29, 0.717) is 24.5 Å². The zero-order chi connectivity index (χ0) is 18.0. The number of aromatic nitrogens is 3. The highest BCUT2D eigenvalue weighted by Crippen LogP contribution is 2.23. The minimum absolute atomic E-state index is 0.0605. The molecule has 25 heavy (non-hydrogen) atoms. The van der Waals surface area contributed by atoms with Crippen LogP contribution in [0.5, 0.6) is 0 Å². The summed E-state index contributed by atoms with van der Waals surface area (Å²) < 4.78 is 49.7. The van der Waals surface area contributed by atoms with E-state index in [1.54, 1.807) is 4.90 Å². The number of nitrogens with zero attached hydrogens (tertiary/aromatic N) is 4. The third-order valence-corrected chi connectivity index (χ3v) is 5.74. The van der Waals surface area contributed by atoms with Crippen LogP contribution in [0.4, 0.5) is 26.2 Å². The van der Waals surface area contributed by atoms with Crippen LogP contribution in [0.2, 0.25) is 0 Å². The Balaban J connectivity index is 1.81. The fraction of sp³-hybridized carbons (Fsp3) is 0.400. The first-order valence-electron chi connectivity index (χ1n) is 7.77. The number of anilines is 3. The summed E-state index contributed by atoms with van der Waals surface area (Å²) >= 11 is 0. The second-order valence-corrected chi connectivity index (χ2v) is 7.97. The summed E-state index contributed by atoms with van der Waals surface area (Å²) in [4.78, 5) is 6.10. The SMILES string of the molecule is CCN(c1nncc(Nc2ccc(F)c(F)c2)n1)C1CCS(=O)(=O)C1. The molecule has 1 atom stereocenters. The molecule has 1 fully saturated rings. The van der Waals surface area contributed by atoms with E-state index in [1.165, 1.54) is 12.3 Å². The molecule has 3 rings (SSSR count). The Bertz CT molecular complexity index is 878. The van der Waals surface area contributed by atoms with Crippen molar-refractivity contribution in [2.24, 2.45) is 0 Å². The topological polar surface area (TPSA) is 88.1 Å². The van der Waals surface area contributed by atoms with Crippen molar-refractivity contribution >= 4 is 27.3 Å². The van der Waals surface area contributed by atoms with Crippen molar-refractivity contribution in [3.05, 3.63) is 36.0 Å². The van der Waals surface area contributed by atoms with E-state index in [9.17, 15) is 17.2 Å². The molecule has 0 amide bonds. The van der Waals surface area contributed by atoms with Crippen LogP contribution in [-0.4, -0.2) is 47.7 Å². The quantitative estimate of drug-likeness (QED) is 0.861. The number of benzene rings is 1. The van der Waals surface area contributed by atoms with Crippen molar-refractivity contribution in [2.75, 3.05) is 28.3 Å². The molecule has 0 saturated carbocycles. The smallest absolute Gasteiger partial charge is 0.247 e. The van der Waals surface area contributed by atoms with Gasteiger partial charge in [-0.15, -0.1) is 5.10 Å². The van der Waals surface area contributed by atoms with Crippen LogP contribution in [-0.2, 0) is 9.84 Å². The zero-order valence-electron chi connectivity index (χ0n) is 13.5. The molecule has 7 nitrogen and oxygen atoms in total. The molecule has 1 aliphatic heterocycles. The minimum atomic E-state index is -3.04. The molecule has 2 heterocycles. The molecule has 1 aromatic carbocycles. The molecule has 10 heteroatoms. The summed E-state index contributed by atoms with van der Waals surface area (Å²) in [5, 5.41) is 10.7. The van der Waals surface area contributed by atoms with Gasteiger partial charge in [-0.3, -0.25) is 0 Å². The first-order chi connectivity index (χ1) is 11.9. The van der Waals surface area contributed by atoms with Gasteiger partial charge in [-0.2, -0.15) is 10.1 Å². The lowest BCUT2D eigenvalue weighted by molar-refractivity contribution is 0.509. The number of hydrogen-bond acceptors (Lipinski definition) is 7. The van der Waals surface area contributed by atoms with E-state index >= 15 is 0 Å². The Morgan fingerprint density at radius 3 is 2.76 bits per heavy atom. The first kappa shape index (κ1) is 17.5. The monoisotopic (exact) mass is 369 g/mol. The molecule has 1 aliphatic rings. The summed E-state index contributed by atoms with van der Waals surface area (Å²) in [5.74, 6) is -1.11. The maximum atomic E-state index is 13.3. The third kappa shape index (κ3) is 4.01. The summed E-state index contributed by atoms with van der Waals surface area (Å²) in [7, 11) is -3.04. The standard InChI is InChI=1S/C15H17F2N5O2S/c1-2-22(11-5-6-25(23,24)9-11)15-20-14(8-18-21-15)19-10-3-4-12(16)13(17)7-10/h3-4,7-8,11H,2,5-6,9H2,1H3,(H,19,20,21). The van der Waals surface area contributed by atoms with Gasteiger partial charge in [-0.1, -0.05) is 0 Å². The Morgan fingerprint density at radius 2 is 2.12 bits per heavy atom. The van der Waals surface area contributed by atoms with Gasteiger partial charge in [0.25, 0.3) is 0 Å². The number of sulfone groups is 1. The van der Waals surface area contributed by atoms with Gasteiger partial charge in [0.05, 0.1) is 17.7 Å². The highest BCUT2D eigenvalue weighted by atomic mass is 32.2. The van der Waals surface area contributed by atoms with Crippen molar-refractivity contribution in [3.8, 4) is 0 Å². The molecule has 0 radical (unpaired) electrons. The van der Waals surface area contributed by atoms with Gasteiger partial charge in [0.15, 0.2) is 27.3 Å². The average Bonchev–Trinajstić information content (AvgIpc) is 2.92. The van der Waals surface area contributed by atoms with Gasteiger partial charge in [-0.25, -0.2) is 17.2 Å². The largest absolute Gasteiger partial charge is 0.339 e. The van der Waals surface area contributed by atoms with Crippen molar-refractivity contribution in [3.63, 3.8) is 0 Å². The van der Waals surface area contributed by atoms with E-state index in [-0.39, 0.29) is 23.5 Å². The maximum Gasteiger partial charge on any atom is 0.247 e. The van der Waals surface area contributed by atoms with Crippen LogP contribution in [0.3, 0.4) is 0 Å². The normalized spacial score (nSPS) is 18.9. The highest BCUT2D eigenvalue weighted by Gasteiger charge is 2.33. The van der Waals surface area contributed by atoms with Gasteiger partial charge in [0, 0.05) is 24.3 Å². The molecule has 0 aliphatic carbocycles. The first-order valence-corrected chi connectivity index (χ1v) is 9.59. The summed E-state index contributed by atoms with van der Waals surface area (Å²) in [6.07, 6.45) is 1.87. The predicted octanol–water partition coefficient (Wildman–Crippen LogP) is 1.91. The van der Waals surface area contributed by atoms with Crippen LogP contribution in [0.1, 0.15) is 13.3 Å². The Labute approximate surface area is 144 Å². The molecule has 134 valence electrons. The third-order valence-electron chi connectivity index (χ3n) is 3.99. The number of halogens is 2. The molecular weight excluding hydrogens is 352 g/mol. The predicted molar refractivity (Wildman–Crippen MR) is 89.5 cm³/mol. The van der Waals surface area contributed by atoms with Gasteiger partial charge < -0.3 is 10.2 Å². The fourth-order valence-corrected chi connectivity index (χ4v) is 4.51. The van der Waals surface area contributed by atoms with Crippen LogP contribution in [0.25, 0.3) is 0 Å². The van der Waals surface area contributed by atoms with E-state index in [4.69, 9.17) is 0 Å². The summed E-state index contributed by atoms with van der Waals surface area (Å²) in [6.45, 7) is 2.40. The van der Waals surface area contributed by atoms with Gasteiger partial charge in [-0.05, 0) is 25.5 Å². The highest BCUT2D eigenvalue weighted by molar-refractivity contribution is 7.91. The van der Waals surface area contributed by atoms with E-state index in [1.807, 2.05) is 6.92 Å². The molecule has 0 bridgehead atoms. The fourth-order valence-electron chi connectivity index (χ4n) is 2.78. The van der Waals surface area contributed by atoms with Gasteiger partial charge in [0.1, 0.15) is 0 Å². The Morgan fingerprint density at radius 1 is 1.32 bits per heavy atom. The van der Waals surface area contributed by atoms with Gasteiger partial charge >= 0.3 is 0 Å². The molecule has 1 aromatic heterocycles. The molecule has 1 N–H and O–H groups in total. The zero-order valence-corrected chi connectivity index (χ0v) is 14.3. The maximum absolute atomic E-state index is 13.3. The van der Waals surface area contributed by atoms with Crippen molar-refractivity contribution in [2.45, 2.75) is 19.4 Å². The van der Waals surface area contributed by atoms with E-state index in [0.717, 1.165) is 12.1 Å². The lowest BCUT2D eigenvalue weighted by atomic mass is 10.2. The van der Waals surface area contributed by atoms with E-state index in [2.05, 4.69) is 20.5 Å². The number of rotatable bonds is 5. The second-order valence-electron chi connectivity index (χ2n) is 5.74. The average molecular weight is 369 g/mol. The molecule has 2 aromatic rings. The summed E-state index contributed by atoms with van der Waals surface area (Å²) in [5.41, 5.74) is 0.317. The van der Waals surface area contributed by atoms with Crippen molar-refractivity contribution in [1.82, 2.24) is 15.2 Å².